The number of amides is 1. The minimum Gasteiger partial charge on any atom is -0.325 e. The lowest BCUT2D eigenvalue weighted by Crippen LogP contribution is -2.40. The Hall–Kier alpha value is -3.50. The van der Waals surface area contributed by atoms with E-state index in [2.05, 4.69) is 10.3 Å². The van der Waals surface area contributed by atoms with Gasteiger partial charge in [0, 0.05) is 11.3 Å². The van der Waals surface area contributed by atoms with E-state index in [4.69, 9.17) is 0 Å². The molecule has 0 aliphatic carbocycles. The normalized spacial score (nSPS) is 11.0. The van der Waals surface area contributed by atoms with Gasteiger partial charge in [-0.3, -0.25) is 19.0 Å². The molecule has 0 bridgehead atoms. The third kappa shape index (κ3) is 4.67. The van der Waals surface area contributed by atoms with Crippen LogP contribution in [-0.4, -0.2) is 31.6 Å². The van der Waals surface area contributed by atoms with Crippen molar-refractivity contribution in [3.63, 3.8) is 0 Å². The van der Waals surface area contributed by atoms with Crippen LogP contribution in [0.1, 0.15) is 24.2 Å². The van der Waals surface area contributed by atoms with Gasteiger partial charge >= 0.3 is 5.69 Å². The highest BCUT2D eigenvalue weighted by Gasteiger charge is 2.20. The summed E-state index contributed by atoms with van der Waals surface area (Å²) in [6, 6.07) is 15.1. The van der Waals surface area contributed by atoms with Crippen molar-refractivity contribution in [2.45, 2.75) is 24.7 Å². The van der Waals surface area contributed by atoms with E-state index in [0.717, 1.165) is 10.3 Å². The van der Waals surface area contributed by atoms with E-state index in [-0.39, 0.29) is 18.0 Å². The molecular weight excluding hydrogens is 460 g/mol. The fourth-order valence-electron chi connectivity index (χ4n) is 3.31. The number of benzene rings is 2. The van der Waals surface area contributed by atoms with Crippen molar-refractivity contribution in [1.29, 1.82) is 0 Å². The average molecular weight is 481 g/mol. The van der Waals surface area contributed by atoms with E-state index in [1.807, 2.05) is 6.92 Å². The Kier molecular flexibility index (Phi) is 6.57. The predicted octanol–water partition coefficient (Wildman–Crippen LogP) is 3.56. The first-order valence-corrected chi connectivity index (χ1v) is 11.9. The molecule has 0 aliphatic rings. The molecule has 0 unspecified atom stereocenters. The number of hydrogen-bond donors (Lipinski definition) is 1. The maximum absolute atomic E-state index is 13.4. The van der Waals surface area contributed by atoms with E-state index in [1.165, 1.54) is 34.6 Å². The second kappa shape index (κ2) is 9.55. The number of fused-ring (bicyclic) bond motifs is 1. The number of carbonyl (C=O) groups excluding carboxylic acids is 2. The first kappa shape index (κ1) is 22.7. The number of anilines is 1. The van der Waals surface area contributed by atoms with Crippen molar-refractivity contribution in [3.05, 3.63) is 81.0 Å². The molecule has 1 amide bonds. The number of rotatable bonds is 7. The van der Waals surface area contributed by atoms with Crippen LogP contribution in [0.15, 0.2) is 68.5 Å². The molecule has 2 aromatic heterocycles. The van der Waals surface area contributed by atoms with E-state index in [1.54, 1.807) is 54.6 Å². The molecule has 1 N–H and O–H groups in total. The van der Waals surface area contributed by atoms with Gasteiger partial charge in [-0.1, -0.05) is 49.0 Å². The summed E-state index contributed by atoms with van der Waals surface area (Å²) in [5.74, 6) is 0.154. The number of para-hydroxylation sites is 1. The number of ketones is 1. The van der Waals surface area contributed by atoms with Crippen molar-refractivity contribution < 1.29 is 9.59 Å². The monoisotopic (exact) mass is 480 g/mol. The van der Waals surface area contributed by atoms with Gasteiger partial charge in [0.25, 0.3) is 5.56 Å². The SMILES string of the molecule is CCSc1nc2c(s1)c(=O)n(-c1ccccc1)c(=O)n2CC(=O)Nc1cccc(C(C)=O)c1. The van der Waals surface area contributed by atoms with Gasteiger partial charge in [0.15, 0.2) is 15.8 Å². The van der Waals surface area contributed by atoms with Gasteiger partial charge in [-0.2, -0.15) is 0 Å². The Labute approximate surface area is 196 Å². The van der Waals surface area contributed by atoms with E-state index in [9.17, 15) is 19.2 Å². The minimum absolute atomic E-state index is 0.123. The highest BCUT2D eigenvalue weighted by molar-refractivity contribution is 8.01. The van der Waals surface area contributed by atoms with Crippen molar-refractivity contribution in [1.82, 2.24) is 14.1 Å². The second-order valence-corrected chi connectivity index (χ2v) is 9.61. The van der Waals surface area contributed by atoms with Crippen LogP contribution in [0.3, 0.4) is 0 Å². The maximum Gasteiger partial charge on any atom is 0.337 e. The molecular formula is C23H20N4O4S2. The number of thiazole rings is 1. The summed E-state index contributed by atoms with van der Waals surface area (Å²) in [6.07, 6.45) is 0. The largest absolute Gasteiger partial charge is 0.337 e. The van der Waals surface area contributed by atoms with Crippen LogP contribution in [0, 0.1) is 0 Å². The first-order valence-electron chi connectivity index (χ1n) is 10.1. The molecule has 0 saturated carbocycles. The zero-order chi connectivity index (χ0) is 23.5. The van der Waals surface area contributed by atoms with Crippen LogP contribution < -0.4 is 16.6 Å². The predicted molar refractivity (Wildman–Crippen MR) is 131 cm³/mol. The van der Waals surface area contributed by atoms with Crippen LogP contribution >= 0.6 is 23.1 Å². The lowest BCUT2D eigenvalue weighted by molar-refractivity contribution is -0.116. The molecule has 8 nitrogen and oxygen atoms in total. The maximum atomic E-state index is 13.4. The Morgan fingerprint density at radius 2 is 1.85 bits per heavy atom. The average Bonchev–Trinajstić information content (AvgIpc) is 3.22. The minimum atomic E-state index is -0.648. The first-order chi connectivity index (χ1) is 15.9. The van der Waals surface area contributed by atoms with Crippen molar-refractivity contribution in [2.24, 2.45) is 0 Å². The molecule has 33 heavy (non-hydrogen) atoms. The zero-order valence-corrected chi connectivity index (χ0v) is 19.5. The van der Waals surface area contributed by atoms with Crippen molar-refractivity contribution in [2.75, 3.05) is 11.1 Å². The van der Waals surface area contributed by atoms with Gasteiger partial charge < -0.3 is 5.32 Å². The fourth-order valence-corrected chi connectivity index (χ4v) is 5.28. The summed E-state index contributed by atoms with van der Waals surface area (Å²) >= 11 is 2.67. The molecule has 0 fully saturated rings. The molecule has 4 rings (SSSR count). The van der Waals surface area contributed by atoms with Crippen LogP contribution in [0.5, 0.6) is 0 Å². The van der Waals surface area contributed by atoms with Crippen LogP contribution in [-0.2, 0) is 11.3 Å². The Bertz CT molecular complexity index is 1470. The zero-order valence-electron chi connectivity index (χ0n) is 17.9. The number of Topliss-reactive ketones (excluding diaryl/α,β-unsaturated/α-hetero) is 1. The summed E-state index contributed by atoms with van der Waals surface area (Å²) in [6.45, 7) is 3.07. The van der Waals surface area contributed by atoms with Crippen LogP contribution in [0.4, 0.5) is 5.69 Å². The highest BCUT2D eigenvalue weighted by atomic mass is 32.2. The van der Waals surface area contributed by atoms with Gasteiger partial charge in [-0.15, -0.1) is 11.3 Å². The smallest absolute Gasteiger partial charge is 0.325 e. The molecule has 0 atom stereocenters. The molecule has 0 radical (unpaired) electrons. The number of nitrogens with zero attached hydrogens (tertiary/aromatic N) is 3. The summed E-state index contributed by atoms with van der Waals surface area (Å²) in [4.78, 5) is 55.5. The third-order valence-corrected chi connectivity index (χ3v) is 6.86. The summed E-state index contributed by atoms with van der Waals surface area (Å²) < 4.78 is 3.23. The van der Waals surface area contributed by atoms with E-state index >= 15 is 0 Å². The third-order valence-electron chi connectivity index (χ3n) is 4.80. The topological polar surface area (TPSA) is 103 Å². The standard InChI is InChI=1S/C23H20N4O4S2/c1-3-32-22-25-20-19(33-22)21(30)27(17-10-5-4-6-11-17)23(31)26(20)13-18(29)24-16-9-7-8-15(12-16)14(2)28/h4-12H,3,13H2,1-2H3,(H,24,29). The highest BCUT2D eigenvalue weighted by Crippen LogP contribution is 2.27. The Balaban J connectivity index is 1.79. The summed E-state index contributed by atoms with van der Waals surface area (Å²) in [7, 11) is 0. The molecule has 10 heteroatoms. The van der Waals surface area contributed by atoms with Gasteiger partial charge in [0.05, 0.1) is 5.69 Å². The number of carbonyl (C=O) groups is 2. The number of thioether (sulfide) groups is 1. The van der Waals surface area contributed by atoms with Crippen LogP contribution in [0.2, 0.25) is 0 Å². The molecule has 168 valence electrons. The summed E-state index contributed by atoms with van der Waals surface area (Å²) in [5, 5.41) is 2.72. The van der Waals surface area contributed by atoms with Crippen molar-refractivity contribution >= 4 is 50.8 Å². The molecule has 2 aromatic carbocycles. The number of aromatic nitrogens is 3. The van der Waals surface area contributed by atoms with Gasteiger partial charge in [-0.25, -0.2) is 14.3 Å². The Morgan fingerprint density at radius 3 is 2.55 bits per heavy atom. The quantitative estimate of drug-likeness (QED) is 0.320. The molecule has 4 aromatic rings. The Morgan fingerprint density at radius 1 is 1.09 bits per heavy atom. The second-order valence-electron chi connectivity index (χ2n) is 7.10. The van der Waals surface area contributed by atoms with Gasteiger partial charge in [0.1, 0.15) is 11.2 Å². The molecule has 0 aliphatic heterocycles. The molecule has 0 saturated heterocycles. The van der Waals surface area contributed by atoms with E-state index in [0.29, 0.717) is 26.0 Å². The number of hydrogen-bond acceptors (Lipinski definition) is 7. The number of nitrogens with one attached hydrogen (secondary N) is 1. The molecule has 0 spiro atoms. The molecule has 2 heterocycles. The van der Waals surface area contributed by atoms with Gasteiger partial charge in [0.2, 0.25) is 5.91 Å². The van der Waals surface area contributed by atoms with E-state index < -0.39 is 17.2 Å². The van der Waals surface area contributed by atoms with Crippen molar-refractivity contribution in [3.8, 4) is 5.69 Å². The fraction of sp³-hybridized carbons (Fsp3) is 0.174. The van der Waals surface area contributed by atoms with Gasteiger partial charge in [-0.05, 0) is 36.9 Å². The van der Waals surface area contributed by atoms with Crippen LogP contribution in [0.25, 0.3) is 16.0 Å². The lowest BCUT2D eigenvalue weighted by Gasteiger charge is -2.12. The summed E-state index contributed by atoms with van der Waals surface area (Å²) in [5.41, 5.74) is 0.387. The lowest BCUT2D eigenvalue weighted by atomic mass is 10.1.